The molecule has 2 fully saturated rings. The first kappa shape index (κ1) is 25.2. The topological polar surface area (TPSA) is 111 Å². The van der Waals surface area contributed by atoms with Gasteiger partial charge in [0.1, 0.15) is 17.0 Å². The number of anilines is 3. The van der Waals surface area contributed by atoms with Gasteiger partial charge in [-0.2, -0.15) is 4.98 Å². The van der Waals surface area contributed by atoms with Gasteiger partial charge in [0.2, 0.25) is 23.7 Å². The van der Waals surface area contributed by atoms with Gasteiger partial charge in [-0.05, 0) is 38.0 Å². The molecule has 0 bridgehead atoms. The van der Waals surface area contributed by atoms with Crippen LogP contribution in [-0.2, 0) is 4.79 Å². The van der Waals surface area contributed by atoms with Crippen LogP contribution in [0.4, 0.5) is 39.5 Å². The minimum atomic E-state index is -2.74. The Labute approximate surface area is 208 Å². The van der Waals surface area contributed by atoms with Crippen molar-refractivity contribution in [3.05, 3.63) is 35.8 Å². The maximum absolute atomic E-state index is 14.4. The van der Waals surface area contributed by atoms with E-state index in [1.54, 1.807) is 4.57 Å². The number of carbonyl (C=O) groups is 1. The number of halogens is 5. The predicted molar refractivity (Wildman–Crippen MR) is 126 cm³/mol. The van der Waals surface area contributed by atoms with Gasteiger partial charge in [-0.25, -0.2) is 31.9 Å². The number of aromatic nitrogens is 4. The summed E-state index contributed by atoms with van der Waals surface area (Å²) in [5.41, 5.74) is 5.45. The van der Waals surface area contributed by atoms with Crippen LogP contribution in [-0.4, -0.2) is 37.4 Å². The highest BCUT2D eigenvalue weighted by molar-refractivity contribution is 5.77. The summed E-state index contributed by atoms with van der Waals surface area (Å²) in [6.45, 7) is 0. The number of nitrogens with one attached hydrogen (secondary N) is 2. The Morgan fingerprint density at radius 2 is 1.78 bits per heavy atom. The first-order valence-corrected chi connectivity index (χ1v) is 12.2. The van der Waals surface area contributed by atoms with E-state index in [1.165, 1.54) is 6.20 Å². The van der Waals surface area contributed by atoms with Crippen LogP contribution in [0.25, 0.3) is 11.2 Å². The Hall–Kier alpha value is -3.51. The molecule has 37 heavy (non-hydrogen) atoms. The van der Waals surface area contributed by atoms with E-state index >= 15 is 0 Å². The van der Waals surface area contributed by atoms with Crippen LogP contribution < -0.4 is 16.4 Å². The van der Waals surface area contributed by atoms with Crippen LogP contribution in [0.5, 0.6) is 0 Å². The number of imidazole rings is 1. The van der Waals surface area contributed by atoms with Gasteiger partial charge in [0.25, 0.3) is 0 Å². The molecule has 1 amide bonds. The molecule has 2 aliphatic carbocycles. The summed E-state index contributed by atoms with van der Waals surface area (Å²) in [6, 6.07) is 0.439. The SMILES string of the molecule is NC(=O)C[C@H]1CC[C@@H](n2c(Nc3c(F)cc(F)cc3F)nc3cnc(N[C@H]4CCC(F)(F)C4)nc32)CC1. The summed E-state index contributed by atoms with van der Waals surface area (Å²) in [7, 11) is 0. The van der Waals surface area contributed by atoms with Crippen LogP contribution in [0.3, 0.4) is 0 Å². The minimum absolute atomic E-state index is 0.0802. The quantitative estimate of drug-likeness (QED) is 0.368. The molecule has 2 aliphatic rings. The van der Waals surface area contributed by atoms with Crippen LogP contribution in [0.15, 0.2) is 18.3 Å². The van der Waals surface area contributed by atoms with Gasteiger partial charge in [0.15, 0.2) is 17.3 Å². The number of benzene rings is 1. The fourth-order valence-electron chi connectivity index (χ4n) is 5.32. The monoisotopic (exact) mass is 523 g/mol. The smallest absolute Gasteiger partial charge is 0.250 e. The highest BCUT2D eigenvalue weighted by atomic mass is 19.3. The van der Waals surface area contributed by atoms with Gasteiger partial charge >= 0.3 is 0 Å². The molecule has 0 saturated heterocycles. The van der Waals surface area contributed by atoms with Gasteiger partial charge in [0, 0.05) is 43.5 Å². The minimum Gasteiger partial charge on any atom is -0.370 e. The van der Waals surface area contributed by atoms with Crippen molar-refractivity contribution in [2.24, 2.45) is 11.7 Å². The number of carbonyl (C=O) groups excluding carboxylic acids is 1. The number of hydrogen-bond donors (Lipinski definition) is 3. The summed E-state index contributed by atoms with van der Waals surface area (Å²) < 4.78 is 71.3. The van der Waals surface area contributed by atoms with E-state index in [9.17, 15) is 26.7 Å². The molecule has 13 heteroatoms. The lowest BCUT2D eigenvalue weighted by Gasteiger charge is -2.30. The molecule has 198 valence electrons. The molecule has 2 saturated carbocycles. The number of nitrogens with two attached hydrogens (primary N) is 1. The summed E-state index contributed by atoms with van der Waals surface area (Å²) >= 11 is 0. The van der Waals surface area contributed by atoms with E-state index in [4.69, 9.17) is 5.73 Å². The van der Waals surface area contributed by atoms with E-state index < -0.39 is 35.1 Å². The molecule has 0 aliphatic heterocycles. The first-order valence-electron chi connectivity index (χ1n) is 12.2. The molecule has 8 nitrogen and oxygen atoms in total. The van der Waals surface area contributed by atoms with Gasteiger partial charge in [0.05, 0.1) is 6.20 Å². The number of hydrogen-bond acceptors (Lipinski definition) is 6. The molecule has 2 aromatic heterocycles. The second kappa shape index (κ2) is 9.75. The van der Waals surface area contributed by atoms with E-state index in [0.29, 0.717) is 49.0 Å². The Bertz CT molecular complexity index is 1300. The summed E-state index contributed by atoms with van der Waals surface area (Å²) in [6.07, 6.45) is 4.04. The van der Waals surface area contributed by atoms with Crippen molar-refractivity contribution < 1.29 is 26.7 Å². The zero-order chi connectivity index (χ0) is 26.3. The zero-order valence-electron chi connectivity index (χ0n) is 19.8. The highest BCUT2D eigenvalue weighted by Gasteiger charge is 2.39. The number of amides is 1. The third-order valence-corrected chi connectivity index (χ3v) is 7.08. The second-order valence-electron chi connectivity index (χ2n) is 9.86. The van der Waals surface area contributed by atoms with Crippen LogP contribution in [0.2, 0.25) is 0 Å². The van der Waals surface area contributed by atoms with Gasteiger partial charge < -0.3 is 16.4 Å². The summed E-state index contributed by atoms with van der Waals surface area (Å²) in [5.74, 6) is -6.08. The lowest BCUT2D eigenvalue weighted by molar-refractivity contribution is -0.119. The third kappa shape index (κ3) is 5.44. The highest BCUT2D eigenvalue weighted by Crippen LogP contribution is 2.39. The molecule has 0 radical (unpaired) electrons. The van der Waals surface area contributed by atoms with E-state index in [0.717, 1.165) is 0 Å². The van der Waals surface area contributed by atoms with Crippen molar-refractivity contribution in [2.75, 3.05) is 10.6 Å². The fourth-order valence-corrected chi connectivity index (χ4v) is 5.32. The molecule has 0 unspecified atom stereocenters. The number of alkyl halides is 2. The number of rotatable bonds is 7. The Morgan fingerprint density at radius 3 is 2.41 bits per heavy atom. The molecule has 4 N–H and O–H groups in total. The molecule has 2 heterocycles. The van der Waals surface area contributed by atoms with Crippen LogP contribution >= 0.6 is 0 Å². The van der Waals surface area contributed by atoms with Crippen molar-refractivity contribution in [1.82, 2.24) is 19.5 Å². The number of nitrogens with zero attached hydrogens (tertiary/aromatic N) is 4. The maximum atomic E-state index is 14.4. The molecule has 3 aromatic rings. The first-order chi connectivity index (χ1) is 17.6. The van der Waals surface area contributed by atoms with Crippen LogP contribution in [0, 0.1) is 23.4 Å². The van der Waals surface area contributed by atoms with E-state index in [-0.39, 0.29) is 55.4 Å². The number of primary amides is 1. The van der Waals surface area contributed by atoms with E-state index in [2.05, 4.69) is 25.6 Å². The molecule has 0 spiro atoms. The van der Waals surface area contributed by atoms with Crippen molar-refractivity contribution in [3.8, 4) is 0 Å². The van der Waals surface area contributed by atoms with Crippen molar-refractivity contribution in [2.45, 2.75) is 69.4 Å². The van der Waals surface area contributed by atoms with Crippen molar-refractivity contribution >= 4 is 34.7 Å². The fraction of sp³-hybridized carbons (Fsp3) is 0.500. The van der Waals surface area contributed by atoms with Gasteiger partial charge in [-0.15, -0.1) is 0 Å². The van der Waals surface area contributed by atoms with Crippen molar-refractivity contribution in [1.29, 1.82) is 0 Å². The summed E-state index contributed by atoms with van der Waals surface area (Å²) in [4.78, 5) is 24.5. The number of fused-ring (bicyclic) bond motifs is 1. The molecular weight excluding hydrogens is 497 g/mol. The molecule has 1 atom stereocenters. The Morgan fingerprint density at radius 1 is 1.08 bits per heavy atom. The lowest BCUT2D eigenvalue weighted by Crippen LogP contribution is -2.24. The Balaban J connectivity index is 1.49. The largest absolute Gasteiger partial charge is 0.370 e. The second-order valence-corrected chi connectivity index (χ2v) is 9.86. The van der Waals surface area contributed by atoms with Crippen LogP contribution in [0.1, 0.15) is 57.4 Å². The maximum Gasteiger partial charge on any atom is 0.250 e. The van der Waals surface area contributed by atoms with E-state index in [1.807, 2.05) is 0 Å². The third-order valence-electron chi connectivity index (χ3n) is 7.08. The van der Waals surface area contributed by atoms with Gasteiger partial charge in [-0.1, -0.05) is 0 Å². The normalized spacial score (nSPS) is 23.3. The summed E-state index contributed by atoms with van der Waals surface area (Å²) in [5, 5.41) is 5.60. The average molecular weight is 524 g/mol. The lowest BCUT2D eigenvalue weighted by atomic mass is 9.84. The average Bonchev–Trinajstić information content (AvgIpc) is 3.34. The zero-order valence-corrected chi connectivity index (χ0v) is 19.8. The molecule has 5 rings (SSSR count). The molecular formula is C24H26F5N7O. The van der Waals surface area contributed by atoms with Crippen molar-refractivity contribution in [3.63, 3.8) is 0 Å². The van der Waals surface area contributed by atoms with Gasteiger partial charge in [-0.3, -0.25) is 9.36 Å². The molecule has 1 aromatic carbocycles. The Kier molecular flexibility index (Phi) is 6.63. The standard InChI is InChI=1S/C24H26F5N7O/c25-13-8-16(26)20(17(27)9-13)34-23-33-18-11-31-22(32-14-5-6-24(28,29)10-14)35-21(18)36(23)15-3-1-12(2-4-15)7-19(30)37/h8-9,11-12,14-15H,1-7,10H2,(H2,30,37)(H,33,34)(H,31,32,35)/t12-,14-,15+/m0/s1. The predicted octanol–water partition coefficient (Wildman–Crippen LogP) is 5.19.